The van der Waals surface area contributed by atoms with Crippen LogP contribution in [0.1, 0.15) is 32.6 Å². The van der Waals surface area contributed by atoms with Gasteiger partial charge in [0.2, 0.25) is 17.6 Å². The van der Waals surface area contributed by atoms with Gasteiger partial charge in [-0.25, -0.2) is 0 Å². The van der Waals surface area contributed by atoms with Crippen molar-refractivity contribution in [3.63, 3.8) is 0 Å². The Labute approximate surface area is 159 Å². The summed E-state index contributed by atoms with van der Waals surface area (Å²) in [6.07, 6.45) is 1.76. The van der Waals surface area contributed by atoms with E-state index in [0.717, 1.165) is 44.6 Å². The van der Waals surface area contributed by atoms with E-state index < -0.39 is 0 Å². The Morgan fingerprint density at radius 3 is 2.50 bits per heavy atom. The van der Waals surface area contributed by atoms with Crippen molar-refractivity contribution in [2.45, 2.75) is 33.2 Å². The van der Waals surface area contributed by atoms with E-state index in [9.17, 15) is 4.79 Å². The molecule has 0 spiro atoms. The molecule has 1 aliphatic heterocycles. The minimum absolute atomic E-state index is 0.137. The number of carbonyl (C=O) groups excluding carboxylic acids is 1. The molecule has 3 rings (SSSR count). The Morgan fingerprint density at radius 2 is 1.88 bits per heavy atom. The molecular formula is C19H25ClN4O2. The number of amides is 1. The number of hydrogen-bond donors (Lipinski definition) is 0. The van der Waals surface area contributed by atoms with Crippen molar-refractivity contribution in [2.24, 2.45) is 5.92 Å². The van der Waals surface area contributed by atoms with Crippen LogP contribution < -0.4 is 0 Å². The second-order valence-corrected chi connectivity index (χ2v) is 7.02. The van der Waals surface area contributed by atoms with Gasteiger partial charge in [0.1, 0.15) is 0 Å². The topological polar surface area (TPSA) is 62.5 Å². The van der Waals surface area contributed by atoms with E-state index in [1.54, 1.807) is 0 Å². The molecule has 0 bridgehead atoms. The van der Waals surface area contributed by atoms with E-state index in [2.05, 4.69) is 15.0 Å². The first kappa shape index (κ1) is 18.9. The molecule has 1 aromatic carbocycles. The summed E-state index contributed by atoms with van der Waals surface area (Å²) < 4.78 is 5.39. The zero-order chi connectivity index (χ0) is 18.5. The van der Waals surface area contributed by atoms with Crippen LogP contribution in [-0.4, -0.2) is 52.0 Å². The van der Waals surface area contributed by atoms with Crippen molar-refractivity contribution >= 4 is 17.5 Å². The molecule has 7 heteroatoms. The first-order valence-corrected chi connectivity index (χ1v) is 9.58. The number of likely N-dealkylation sites (tertiary alicyclic amines) is 1. The molecule has 0 atom stereocenters. The fourth-order valence-corrected chi connectivity index (χ4v) is 3.48. The molecule has 1 aliphatic rings. The summed E-state index contributed by atoms with van der Waals surface area (Å²) in [5.41, 5.74) is 0.882. The average molecular weight is 377 g/mol. The highest BCUT2D eigenvalue weighted by molar-refractivity contribution is 6.30. The van der Waals surface area contributed by atoms with Crippen LogP contribution in [0.15, 0.2) is 28.8 Å². The summed E-state index contributed by atoms with van der Waals surface area (Å²) in [6, 6.07) is 7.37. The van der Waals surface area contributed by atoms with E-state index >= 15 is 0 Å². The fraction of sp³-hybridized carbons (Fsp3) is 0.526. The van der Waals surface area contributed by atoms with Gasteiger partial charge < -0.3 is 9.42 Å². The Kier molecular flexibility index (Phi) is 6.27. The molecule has 1 amide bonds. The second kappa shape index (κ2) is 8.64. The second-order valence-electron chi connectivity index (χ2n) is 6.58. The van der Waals surface area contributed by atoms with Crippen molar-refractivity contribution in [2.75, 3.05) is 26.2 Å². The van der Waals surface area contributed by atoms with Gasteiger partial charge in [0.05, 0.1) is 6.54 Å². The fourth-order valence-electron chi connectivity index (χ4n) is 3.36. The van der Waals surface area contributed by atoms with Crippen LogP contribution in [0.2, 0.25) is 5.02 Å². The van der Waals surface area contributed by atoms with Crippen LogP contribution in [0, 0.1) is 5.92 Å². The summed E-state index contributed by atoms with van der Waals surface area (Å²) in [5, 5.41) is 4.73. The van der Waals surface area contributed by atoms with Gasteiger partial charge in [-0.3, -0.25) is 9.69 Å². The lowest BCUT2D eigenvalue weighted by Gasteiger charge is -2.32. The van der Waals surface area contributed by atoms with E-state index in [-0.39, 0.29) is 11.8 Å². The highest BCUT2D eigenvalue weighted by atomic mass is 35.5. The van der Waals surface area contributed by atoms with Gasteiger partial charge in [0.15, 0.2) is 0 Å². The third-order valence-corrected chi connectivity index (χ3v) is 5.19. The predicted molar refractivity (Wildman–Crippen MR) is 101 cm³/mol. The van der Waals surface area contributed by atoms with Gasteiger partial charge in [0.25, 0.3) is 0 Å². The molecule has 1 fully saturated rings. The van der Waals surface area contributed by atoms with Crippen LogP contribution in [-0.2, 0) is 11.3 Å². The first-order chi connectivity index (χ1) is 12.6. The third-order valence-electron chi connectivity index (χ3n) is 4.94. The molecule has 0 unspecified atom stereocenters. The number of carbonyl (C=O) groups is 1. The maximum absolute atomic E-state index is 12.5. The molecule has 26 heavy (non-hydrogen) atoms. The molecule has 1 aromatic heterocycles. The molecule has 140 valence electrons. The Bertz CT molecular complexity index is 719. The zero-order valence-corrected chi connectivity index (χ0v) is 16.1. The number of piperidine rings is 1. The van der Waals surface area contributed by atoms with Gasteiger partial charge in [0, 0.05) is 29.6 Å². The smallest absolute Gasteiger partial charge is 0.241 e. The Balaban J connectivity index is 1.54. The van der Waals surface area contributed by atoms with Crippen molar-refractivity contribution in [3.8, 4) is 11.4 Å². The zero-order valence-electron chi connectivity index (χ0n) is 15.3. The maximum atomic E-state index is 12.5. The third kappa shape index (κ3) is 4.43. The number of benzene rings is 1. The van der Waals surface area contributed by atoms with Crippen LogP contribution in [0.25, 0.3) is 11.4 Å². The Morgan fingerprint density at radius 1 is 1.23 bits per heavy atom. The largest absolute Gasteiger partial charge is 0.343 e. The molecule has 0 radical (unpaired) electrons. The van der Waals surface area contributed by atoms with E-state index in [1.165, 1.54) is 0 Å². The van der Waals surface area contributed by atoms with Crippen molar-refractivity contribution in [3.05, 3.63) is 35.2 Å². The summed E-state index contributed by atoms with van der Waals surface area (Å²) >= 11 is 5.91. The number of hydrogen-bond acceptors (Lipinski definition) is 5. The van der Waals surface area contributed by atoms with E-state index in [4.69, 9.17) is 16.1 Å². The first-order valence-electron chi connectivity index (χ1n) is 9.20. The molecule has 2 heterocycles. The van der Waals surface area contributed by atoms with Crippen LogP contribution >= 0.6 is 11.6 Å². The molecule has 2 aromatic rings. The van der Waals surface area contributed by atoms with Gasteiger partial charge in [-0.1, -0.05) is 16.8 Å². The van der Waals surface area contributed by atoms with Gasteiger partial charge >= 0.3 is 0 Å². The summed E-state index contributed by atoms with van der Waals surface area (Å²) in [7, 11) is 0. The number of halogens is 1. The molecule has 6 nitrogen and oxygen atoms in total. The maximum Gasteiger partial charge on any atom is 0.241 e. The van der Waals surface area contributed by atoms with Crippen LogP contribution in [0.5, 0.6) is 0 Å². The van der Waals surface area contributed by atoms with Gasteiger partial charge in [-0.05, 0) is 64.0 Å². The molecule has 0 saturated carbocycles. The van der Waals surface area contributed by atoms with Gasteiger partial charge in [-0.2, -0.15) is 4.98 Å². The monoisotopic (exact) mass is 376 g/mol. The normalized spacial score (nSPS) is 16.0. The Hall–Kier alpha value is -1.92. The predicted octanol–water partition coefficient (Wildman–Crippen LogP) is 3.47. The minimum atomic E-state index is 0.137. The number of nitrogens with zero attached hydrogens (tertiary/aromatic N) is 4. The molecule has 1 saturated heterocycles. The summed E-state index contributed by atoms with van der Waals surface area (Å²) in [4.78, 5) is 21.1. The van der Waals surface area contributed by atoms with Crippen molar-refractivity contribution in [1.82, 2.24) is 19.9 Å². The summed E-state index contributed by atoms with van der Waals surface area (Å²) in [6.45, 7) is 7.99. The van der Waals surface area contributed by atoms with Gasteiger partial charge in [-0.15, -0.1) is 0 Å². The lowest BCUT2D eigenvalue weighted by Crippen LogP contribution is -2.42. The lowest BCUT2D eigenvalue weighted by atomic mass is 9.95. The van der Waals surface area contributed by atoms with Crippen molar-refractivity contribution < 1.29 is 9.32 Å². The highest BCUT2D eigenvalue weighted by Crippen LogP contribution is 2.22. The number of aromatic nitrogens is 2. The lowest BCUT2D eigenvalue weighted by molar-refractivity contribution is -0.136. The number of rotatable bonds is 6. The average Bonchev–Trinajstić information content (AvgIpc) is 3.12. The van der Waals surface area contributed by atoms with E-state index in [1.807, 2.05) is 43.0 Å². The SMILES string of the molecule is CCN(CC)C(=O)C1CCN(Cc2nc(-c3ccc(Cl)cc3)no2)CC1. The molecule has 0 N–H and O–H groups in total. The van der Waals surface area contributed by atoms with Crippen molar-refractivity contribution in [1.29, 1.82) is 0 Å². The molecule has 0 aliphatic carbocycles. The summed E-state index contributed by atoms with van der Waals surface area (Å²) in [5.74, 6) is 1.60. The standard InChI is InChI=1S/C19H25ClN4O2/c1-3-24(4-2)19(25)15-9-11-23(12-10-15)13-17-21-18(22-26-17)14-5-7-16(20)8-6-14/h5-8,15H,3-4,9-13H2,1-2H3. The van der Waals surface area contributed by atoms with E-state index in [0.29, 0.717) is 23.3 Å². The molecular weight excluding hydrogens is 352 g/mol. The van der Waals surface area contributed by atoms with Crippen LogP contribution in [0.3, 0.4) is 0 Å². The van der Waals surface area contributed by atoms with Crippen LogP contribution in [0.4, 0.5) is 0 Å². The highest BCUT2D eigenvalue weighted by Gasteiger charge is 2.28. The minimum Gasteiger partial charge on any atom is -0.343 e. The quantitative estimate of drug-likeness (QED) is 0.772.